The van der Waals surface area contributed by atoms with E-state index in [1.165, 1.54) is 19.3 Å². The first-order valence-corrected chi connectivity index (χ1v) is 6.43. The number of carbonyl (C=O) groups is 1. The van der Waals surface area contributed by atoms with Crippen LogP contribution in [0.15, 0.2) is 0 Å². The van der Waals surface area contributed by atoms with Crippen molar-refractivity contribution >= 4 is 6.09 Å². The average molecular weight is 227 g/mol. The number of hydrogen-bond donors (Lipinski definition) is 1. The van der Waals surface area contributed by atoms with E-state index in [0.717, 1.165) is 24.2 Å². The molecule has 0 unspecified atom stereocenters. The molecule has 0 radical (unpaired) electrons. The molecule has 1 saturated carbocycles. The van der Waals surface area contributed by atoms with Gasteiger partial charge in [0.2, 0.25) is 0 Å². The largest absolute Gasteiger partial charge is 0.450 e. The topological polar surface area (TPSA) is 52.3 Å². The lowest BCUT2D eigenvalue weighted by molar-refractivity contribution is 0.100. The minimum atomic E-state index is -0.648. The van der Waals surface area contributed by atoms with Crippen LogP contribution in [-0.4, -0.2) is 12.7 Å². The zero-order chi connectivity index (χ0) is 12.1. The van der Waals surface area contributed by atoms with Gasteiger partial charge in [0.05, 0.1) is 6.61 Å². The molecule has 0 aromatic heterocycles. The number of rotatable bonds is 4. The summed E-state index contributed by atoms with van der Waals surface area (Å²) in [5.74, 6) is 3.02. The first-order chi connectivity index (χ1) is 7.50. The molecular weight excluding hydrogens is 202 g/mol. The van der Waals surface area contributed by atoms with Crippen LogP contribution in [0.5, 0.6) is 0 Å². The third-order valence-corrected chi connectivity index (χ3v) is 3.89. The molecule has 3 heteroatoms. The van der Waals surface area contributed by atoms with Crippen molar-refractivity contribution in [3.8, 4) is 0 Å². The quantitative estimate of drug-likeness (QED) is 0.802. The minimum absolute atomic E-state index is 0.482. The van der Waals surface area contributed by atoms with Crippen LogP contribution < -0.4 is 5.73 Å². The van der Waals surface area contributed by atoms with E-state index in [2.05, 4.69) is 20.8 Å². The molecule has 1 amide bonds. The fourth-order valence-electron chi connectivity index (χ4n) is 3.04. The van der Waals surface area contributed by atoms with Crippen LogP contribution in [-0.2, 0) is 4.74 Å². The number of amides is 1. The van der Waals surface area contributed by atoms with Gasteiger partial charge >= 0.3 is 6.09 Å². The van der Waals surface area contributed by atoms with Gasteiger partial charge < -0.3 is 10.5 Å². The van der Waals surface area contributed by atoms with E-state index < -0.39 is 6.09 Å². The highest BCUT2D eigenvalue weighted by atomic mass is 16.5. The average Bonchev–Trinajstić information content (AvgIpc) is 2.16. The molecule has 0 bridgehead atoms. The summed E-state index contributed by atoms with van der Waals surface area (Å²) >= 11 is 0. The van der Waals surface area contributed by atoms with E-state index in [-0.39, 0.29) is 0 Å². The Labute approximate surface area is 98.7 Å². The molecule has 0 aromatic carbocycles. The Hall–Kier alpha value is -0.730. The zero-order valence-electron chi connectivity index (χ0n) is 10.7. The number of ether oxygens (including phenoxy) is 1. The van der Waals surface area contributed by atoms with Gasteiger partial charge in [-0.2, -0.15) is 0 Å². The standard InChI is InChI=1S/C13H25NO2/c1-9(2)12-5-4-10(3)8-11(12)6-7-16-13(14)15/h9-12H,4-8H2,1-3H3,(H2,14,15)/t10-,11-,12+/m1/s1. The molecule has 94 valence electrons. The summed E-state index contributed by atoms with van der Waals surface area (Å²) in [6.45, 7) is 7.39. The van der Waals surface area contributed by atoms with Crippen LogP contribution in [0, 0.1) is 23.7 Å². The molecule has 1 aliphatic carbocycles. The molecule has 1 aliphatic rings. The minimum Gasteiger partial charge on any atom is -0.450 e. The first-order valence-electron chi connectivity index (χ1n) is 6.43. The van der Waals surface area contributed by atoms with Gasteiger partial charge in [-0.05, 0) is 42.9 Å². The fraction of sp³-hybridized carbons (Fsp3) is 0.923. The number of carbonyl (C=O) groups excluding carboxylic acids is 1. The van der Waals surface area contributed by atoms with Crippen molar-refractivity contribution in [2.45, 2.75) is 46.5 Å². The van der Waals surface area contributed by atoms with Crippen molar-refractivity contribution in [2.75, 3.05) is 6.61 Å². The molecule has 1 rings (SSSR count). The molecule has 1 fully saturated rings. The highest BCUT2D eigenvalue weighted by Gasteiger charge is 2.30. The Morgan fingerprint density at radius 2 is 2.12 bits per heavy atom. The molecule has 16 heavy (non-hydrogen) atoms. The smallest absolute Gasteiger partial charge is 0.404 e. The Balaban J connectivity index is 2.41. The van der Waals surface area contributed by atoms with E-state index >= 15 is 0 Å². The van der Waals surface area contributed by atoms with Crippen LogP contribution in [0.4, 0.5) is 4.79 Å². The molecule has 0 heterocycles. The molecule has 0 saturated heterocycles. The third-order valence-electron chi connectivity index (χ3n) is 3.89. The SMILES string of the molecule is CC(C)[C@@H]1CC[C@@H](C)C[C@H]1CCOC(N)=O. The molecule has 0 aromatic rings. The predicted molar refractivity (Wildman–Crippen MR) is 65.0 cm³/mol. The summed E-state index contributed by atoms with van der Waals surface area (Å²) in [5, 5.41) is 0. The van der Waals surface area contributed by atoms with Gasteiger partial charge in [0.15, 0.2) is 0 Å². The molecule has 3 nitrogen and oxygen atoms in total. The Morgan fingerprint density at radius 1 is 1.44 bits per heavy atom. The fourth-order valence-corrected chi connectivity index (χ4v) is 3.04. The van der Waals surface area contributed by atoms with E-state index in [4.69, 9.17) is 10.5 Å². The second kappa shape index (κ2) is 6.12. The third kappa shape index (κ3) is 4.03. The van der Waals surface area contributed by atoms with Crippen LogP contribution in [0.25, 0.3) is 0 Å². The maximum atomic E-state index is 10.5. The van der Waals surface area contributed by atoms with Gasteiger partial charge in [-0.3, -0.25) is 0 Å². The van der Waals surface area contributed by atoms with Gasteiger partial charge in [-0.1, -0.05) is 27.2 Å². The summed E-state index contributed by atoms with van der Waals surface area (Å²) in [6.07, 6.45) is 4.25. The molecular formula is C13H25NO2. The molecule has 2 N–H and O–H groups in total. The lowest BCUT2D eigenvalue weighted by Crippen LogP contribution is -2.29. The Bertz CT molecular complexity index is 228. The van der Waals surface area contributed by atoms with Crippen molar-refractivity contribution in [3.63, 3.8) is 0 Å². The Kier molecular flexibility index (Phi) is 5.10. The maximum Gasteiger partial charge on any atom is 0.404 e. The van der Waals surface area contributed by atoms with Crippen LogP contribution in [0.1, 0.15) is 46.5 Å². The van der Waals surface area contributed by atoms with Crippen LogP contribution in [0.2, 0.25) is 0 Å². The van der Waals surface area contributed by atoms with E-state index in [1.54, 1.807) is 0 Å². The lowest BCUT2D eigenvalue weighted by Gasteiger charge is -2.37. The highest BCUT2D eigenvalue weighted by molar-refractivity contribution is 5.64. The van der Waals surface area contributed by atoms with Gasteiger partial charge in [0.25, 0.3) is 0 Å². The number of hydrogen-bond acceptors (Lipinski definition) is 2. The van der Waals surface area contributed by atoms with E-state index in [1.807, 2.05) is 0 Å². The first kappa shape index (κ1) is 13.3. The van der Waals surface area contributed by atoms with Crippen molar-refractivity contribution in [1.82, 2.24) is 0 Å². The van der Waals surface area contributed by atoms with Crippen LogP contribution >= 0.6 is 0 Å². The van der Waals surface area contributed by atoms with Crippen LogP contribution in [0.3, 0.4) is 0 Å². The number of primary amides is 1. The van der Waals surface area contributed by atoms with Crippen molar-refractivity contribution in [2.24, 2.45) is 29.4 Å². The van der Waals surface area contributed by atoms with Crippen molar-refractivity contribution in [3.05, 3.63) is 0 Å². The number of nitrogens with two attached hydrogens (primary N) is 1. The molecule has 0 aliphatic heterocycles. The van der Waals surface area contributed by atoms with Gasteiger partial charge in [-0.25, -0.2) is 4.79 Å². The maximum absolute atomic E-state index is 10.5. The highest BCUT2D eigenvalue weighted by Crippen LogP contribution is 2.39. The lowest BCUT2D eigenvalue weighted by atomic mass is 9.69. The second-order valence-electron chi connectivity index (χ2n) is 5.54. The normalized spacial score (nSPS) is 30.4. The van der Waals surface area contributed by atoms with E-state index in [9.17, 15) is 4.79 Å². The summed E-state index contributed by atoms with van der Waals surface area (Å²) < 4.78 is 4.85. The molecule has 3 atom stereocenters. The van der Waals surface area contributed by atoms with Crippen molar-refractivity contribution < 1.29 is 9.53 Å². The zero-order valence-corrected chi connectivity index (χ0v) is 10.7. The van der Waals surface area contributed by atoms with E-state index in [0.29, 0.717) is 12.5 Å². The van der Waals surface area contributed by atoms with Crippen molar-refractivity contribution in [1.29, 1.82) is 0 Å². The summed E-state index contributed by atoms with van der Waals surface area (Å²) in [7, 11) is 0. The van der Waals surface area contributed by atoms with Gasteiger partial charge in [-0.15, -0.1) is 0 Å². The summed E-state index contributed by atoms with van der Waals surface area (Å²) in [4.78, 5) is 10.5. The summed E-state index contributed by atoms with van der Waals surface area (Å²) in [6, 6.07) is 0. The van der Waals surface area contributed by atoms with Gasteiger partial charge in [0.1, 0.15) is 0 Å². The Morgan fingerprint density at radius 3 is 2.69 bits per heavy atom. The molecule has 0 spiro atoms. The predicted octanol–water partition coefficient (Wildman–Crippen LogP) is 3.18. The second-order valence-corrected chi connectivity index (χ2v) is 5.54. The van der Waals surface area contributed by atoms with Gasteiger partial charge in [0, 0.05) is 0 Å². The monoisotopic (exact) mass is 227 g/mol. The summed E-state index contributed by atoms with van der Waals surface area (Å²) in [5.41, 5.74) is 4.97.